The summed E-state index contributed by atoms with van der Waals surface area (Å²) in [7, 11) is -3.32. The Labute approximate surface area is 178 Å². The van der Waals surface area contributed by atoms with Gasteiger partial charge in [0.25, 0.3) is 5.56 Å². The highest BCUT2D eigenvalue weighted by atomic mass is 35.5. The van der Waals surface area contributed by atoms with E-state index in [1.165, 1.54) is 12.3 Å². The average molecular weight is 449 g/mol. The first-order valence-electron chi connectivity index (χ1n) is 9.50. The topological polar surface area (TPSA) is 120 Å². The lowest BCUT2D eigenvalue weighted by atomic mass is 10.2. The van der Waals surface area contributed by atoms with E-state index in [1.807, 2.05) is 6.92 Å². The van der Waals surface area contributed by atoms with Gasteiger partial charge in [-0.2, -0.15) is 4.98 Å². The van der Waals surface area contributed by atoms with Crippen LogP contribution < -0.4 is 10.9 Å². The Kier molecular flexibility index (Phi) is 5.23. The van der Waals surface area contributed by atoms with Crippen molar-refractivity contribution in [3.05, 3.63) is 45.4 Å². The molecule has 1 aliphatic rings. The van der Waals surface area contributed by atoms with E-state index in [0.717, 1.165) is 19.1 Å². The van der Waals surface area contributed by atoms with Crippen molar-refractivity contribution in [1.82, 2.24) is 24.5 Å². The SMILES string of the molecule is Cc1nc(Cl)nc2c1nc(NCc1ccc(S(C)(=O)=O)cn1)c(=O)n2[C@@H](C)C1CC1. The molecule has 0 spiro atoms. The maximum Gasteiger partial charge on any atom is 0.295 e. The van der Waals surface area contributed by atoms with E-state index < -0.39 is 9.84 Å². The molecule has 158 valence electrons. The number of anilines is 1. The van der Waals surface area contributed by atoms with Crippen molar-refractivity contribution in [3.63, 3.8) is 0 Å². The van der Waals surface area contributed by atoms with Gasteiger partial charge in [0.15, 0.2) is 21.3 Å². The number of nitrogens with zero attached hydrogens (tertiary/aromatic N) is 5. The minimum Gasteiger partial charge on any atom is -0.360 e. The fourth-order valence-corrected chi connectivity index (χ4v) is 4.15. The number of aromatic nitrogens is 5. The van der Waals surface area contributed by atoms with Crippen LogP contribution >= 0.6 is 11.6 Å². The molecule has 30 heavy (non-hydrogen) atoms. The second-order valence-electron chi connectivity index (χ2n) is 7.57. The first-order chi connectivity index (χ1) is 14.1. The summed E-state index contributed by atoms with van der Waals surface area (Å²) < 4.78 is 24.8. The molecular formula is C19H21ClN6O3S. The van der Waals surface area contributed by atoms with Crippen molar-refractivity contribution in [2.75, 3.05) is 11.6 Å². The van der Waals surface area contributed by atoms with Crippen molar-refractivity contribution in [3.8, 4) is 0 Å². The van der Waals surface area contributed by atoms with Crippen molar-refractivity contribution in [2.24, 2.45) is 5.92 Å². The van der Waals surface area contributed by atoms with Gasteiger partial charge in [0.05, 0.1) is 22.8 Å². The van der Waals surface area contributed by atoms with Gasteiger partial charge in [0, 0.05) is 18.5 Å². The van der Waals surface area contributed by atoms with Crippen LogP contribution in [0, 0.1) is 12.8 Å². The standard InChI is InChI=1S/C19H21ClN6O3S/c1-10-15-17(25-19(20)23-10)26(11(2)12-4-5-12)18(27)16(24-15)22-8-13-6-7-14(9-21-13)30(3,28)29/h6-7,9,11-12H,4-5,8H2,1-3H3,(H,22,24)/t11-/m0/s1. The van der Waals surface area contributed by atoms with Crippen LogP contribution in [0.3, 0.4) is 0 Å². The monoisotopic (exact) mass is 448 g/mol. The molecule has 0 radical (unpaired) electrons. The molecule has 3 aromatic heterocycles. The molecule has 3 heterocycles. The van der Waals surface area contributed by atoms with Gasteiger partial charge in [0.2, 0.25) is 5.28 Å². The van der Waals surface area contributed by atoms with E-state index in [2.05, 4.69) is 25.3 Å². The zero-order valence-electron chi connectivity index (χ0n) is 16.8. The smallest absolute Gasteiger partial charge is 0.295 e. The van der Waals surface area contributed by atoms with Crippen LogP contribution in [-0.4, -0.2) is 39.2 Å². The van der Waals surface area contributed by atoms with Crippen molar-refractivity contribution in [2.45, 2.75) is 44.2 Å². The van der Waals surface area contributed by atoms with Crippen molar-refractivity contribution >= 4 is 38.4 Å². The highest BCUT2D eigenvalue weighted by Gasteiger charge is 2.32. The van der Waals surface area contributed by atoms with Crippen LogP contribution in [0.2, 0.25) is 5.28 Å². The Morgan fingerprint density at radius 2 is 2.00 bits per heavy atom. The molecule has 1 fully saturated rings. The van der Waals surface area contributed by atoms with E-state index in [1.54, 1.807) is 17.6 Å². The van der Waals surface area contributed by atoms with Gasteiger partial charge >= 0.3 is 0 Å². The second kappa shape index (κ2) is 7.59. The van der Waals surface area contributed by atoms with Crippen molar-refractivity contribution < 1.29 is 8.42 Å². The summed E-state index contributed by atoms with van der Waals surface area (Å²) >= 11 is 6.04. The van der Waals surface area contributed by atoms with E-state index in [4.69, 9.17) is 11.6 Å². The fourth-order valence-electron chi connectivity index (χ4n) is 3.38. The average Bonchev–Trinajstić information content (AvgIpc) is 3.51. The Morgan fingerprint density at radius 1 is 1.27 bits per heavy atom. The van der Waals surface area contributed by atoms with E-state index in [-0.39, 0.29) is 34.1 Å². The molecule has 1 N–H and O–H groups in total. The van der Waals surface area contributed by atoms with Crippen LogP contribution in [0.15, 0.2) is 28.0 Å². The maximum absolute atomic E-state index is 13.2. The molecule has 4 rings (SSSR count). The van der Waals surface area contributed by atoms with Gasteiger partial charge < -0.3 is 5.32 Å². The van der Waals surface area contributed by atoms with Gasteiger partial charge in [-0.05, 0) is 56.3 Å². The number of aryl methyl sites for hydroxylation is 1. The summed E-state index contributed by atoms with van der Waals surface area (Å²) in [6, 6.07) is 3.05. The summed E-state index contributed by atoms with van der Waals surface area (Å²) in [4.78, 5) is 30.4. The molecule has 9 nitrogen and oxygen atoms in total. The lowest BCUT2D eigenvalue weighted by Crippen LogP contribution is -2.29. The number of rotatable bonds is 6. The lowest BCUT2D eigenvalue weighted by Gasteiger charge is -2.18. The molecule has 1 atom stereocenters. The summed E-state index contributed by atoms with van der Waals surface area (Å²) in [5, 5.41) is 3.11. The molecule has 1 aliphatic carbocycles. The first-order valence-corrected chi connectivity index (χ1v) is 11.8. The largest absolute Gasteiger partial charge is 0.360 e. The number of fused-ring (bicyclic) bond motifs is 1. The molecule has 0 aromatic carbocycles. The number of hydrogen-bond acceptors (Lipinski definition) is 8. The van der Waals surface area contributed by atoms with Crippen molar-refractivity contribution in [1.29, 1.82) is 0 Å². The van der Waals surface area contributed by atoms with Crippen LogP contribution in [0.25, 0.3) is 11.2 Å². The third kappa shape index (κ3) is 4.01. The Bertz CT molecular complexity index is 1290. The highest BCUT2D eigenvalue weighted by Crippen LogP contribution is 2.39. The van der Waals surface area contributed by atoms with E-state index in [0.29, 0.717) is 28.5 Å². The van der Waals surface area contributed by atoms with Crippen LogP contribution in [-0.2, 0) is 16.4 Å². The predicted molar refractivity (Wildman–Crippen MR) is 113 cm³/mol. The fraction of sp³-hybridized carbons (Fsp3) is 0.421. The van der Waals surface area contributed by atoms with Gasteiger partial charge in [-0.15, -0.1) is 0 Å². The number of nitrogens with one attached hydrogen (secondary N) is 1. The normalized spacial score (nSPS) is 15.3. The Balaban J connectivity index is 1.72. The number of pyridine rings is 1. The number of halogens is 1. The second-order valence-corrected chi connectivity index (χ2v) is 9.93. The van der Waals surface area contributed by atoms with Crippen LogP contribution in [0.1, 0.15) is 37.2 Å². The zero-order valence-corrected chi connectivity index (χ0v) is 18.3. The predicted octanol–water partition coefficient (Wildman–Crippen LogP) is 2.53. The number of hydrogen-bond donors (Lipinski definition) is 1. The third-order valence-corrected chi connectivity index (χ3v) is 6.53. The summed E-state index contributed by atoms with van der Waals surface area (Å²) in [6.45, 7) is 3.98. The zero-order chi connectivity index (χ0) is 21.6. The summed E-state index contributed by atoms with van der Waals surface area (Å²) in [6.07, 6.45) is 4.55. The van der Waals surface area contributed by atoms with Gasteiger partial charge in [-0.25, -0.2) is 18.4 Å². The molecule has 0 bridgehead atoms. The molecule has 11 heteroatoms. The molecule has 3 aromatic rings. The Morgan fingerprint density at radius 3 is 2.60 bits per heavy atom. The molecule has 1 saturated carbocycles. The molecule has 0 aliphatic heterocycles. The molecule has 0 amide bonds. The molecule has 0 unspecified atom stereocenters. The first kappa shape index (κ1) is 20.7. The van der Waals surface area contributed by atoms with Crippen LogP contribution in [0.4, 0.5) is 5.82 Å². The van der Waals surface area contributed by atoms with Gasteiger partial charge in [-0.1, -0.05) is 0 Å². The summed E-state index contributed by atoms with van der Waals surface area (Å²) in [5.41, 5.74) is 1.81. The van der Waals surface area contributed by atoms with Crippen LogP contribution in [0.5, 0.6) is 0 Å². The number of sulfone groups is 1. The quantitative estimate of drug-likeness (QED) is 0.571. The third-order valence-electron chi connectivity index (χ3n) is 5.26. The van der Waals surface area contributed by atoms with E-state index in [9.17, 15) is 13.2 Å². The Hall–Kier alpha value is -2.59. The summed E-state index contributed by atoms with van der Waals surface area (Å²) in [5.74, 6) is 0.582. The molecule has 0 saturated heterocycles. The van der Waals surface area contributed by atoms with Gasteiger partial charge in [-0.3, -0.25) is 14.3 Å². The van der Waals surface area contributed by atoms with Gasteiger partial charge in [0.1, 0.15) is 5.52 Å². The highest BCUT2D eigenvalue weighted by molar-refractivity contribution is 7.90. The maximum atomic E-state index is 13.2. The van der Waals surface area contributed by atoms with E-state index >= 15 is 0 Å². The minimum absolute atomic E-state index is 0.0407. The lowest BCUT2D eigenvalue weighted by molar-refractivity contribution is 0.482. The molecular weight excluding hydrogens is 428 g/mol. The minimum atomic E-state index is -3.32.